The Kier molecular flexibility index (Phi) is 11.6. The van der Waals surface area contributed by atoms with E-state index in [4.69, 9.17) is 18.9 Å². The van der Waals surface area contributed by atoms with Crippen molar-refractivity contribution in [1.82, 2.24) is 14.7 Å². The van der Waals surface area contributed by atoms with Gasteiger partial charge in [0.2, 0.25) is 0 Å². The summed E-state index contributed by atoms with van der Waals surface area (Å²) in [6.45, 7) is 15.5. The molecule has 4 aliphatic rings. The zero-order valence-corrected chi connectivity index (χ0v) is 29.1. The van der Waals surface area contributed by atoms with Gasteiger partial charge >= 0.3 is 5.97 Å². The van der Waals surface area contributed by atoms with E-state index in [1.807, 2.05) is 32.8 Å². The van der Waals surface area contributed by atoms with Crippen LogP contribution in [0.5, 0.6) is 0 Å². The van der Waals surface area contributed by atoms with Gasteiger partial charge in [0.15, 0.2) is 12.1 Å². The summed E-state index contributed by atoms with van der Waals surface area (Å²) in [6.07, 6.45) is 2.52. The lowest BCUT2D eigenvalue weighted by atomic mass is 9.74. The van der Waals surface area contributed by atoms with Crippen LogP contribution in [0.4, 0.5) is 0 Å². The van der Waals surface area contributed by atoms with Gasteiger partial charge in [0.25, 0.3) is 0 Å². The molecule has 3 aliphatic heterocycles. The molecule has 0 aromatic heterocycles. The molecule has 10 heteroatoms. The summed E-state index contributed by atoms with van der Waals surface area (Å²) in [5.74, 6) is -0.100. The second kappa shape index (κ2) is 14.3. The molecule has 0 amide bonds. The van der Waals surface area contributed by atoms with Gasteiger partial charge in [-0.1, -0.05) is 20.3 Å². The molecular formula is C34H61N3O7. The number of esters is 1. The number of Topliss-reactive ketones (excluding diaryl/α,β-unsaturated/α-hetero) is 1. The van der Waals surface area contributed by atoms with E-state index < -0.39 is 41.4 Å². The molecule has 0 radical (unpaired) electrons. The summed E-state index contributed by atoms with van der Waals surface area (Å²) in [5, 5.41) is 11.3. The summed E-state index contributed by atoms with van der Waals surface area (Å²) in [7, 11) is 7.64. The van der Waals surface area contributed by atoms with E-state index >= 15 is 0 Å². The van der Waals surface area contributed by atoms with Crippen LogP contribution < -0.4 is 0 Å². The van der Waals surface area contributed by atoms with Crippen LogP contribution in [0.3, 0.4) is 0 Å². The van der Waals surface area contributed by atoms with E-state index in [2.05, 4.69) is 23.8 Å². The van der Waals surface area contributed by atoms with Gasteiger partial charge in [-0.3, -0.25) is 14.5 Å². The predicted molar refractivity (Wildman–Crippen MR) is 169 cm³/mol. The SMILES string of the molecule is CO[C@]1(C)C[C@@H](C)CN(C)[C@H](C2CN(CC3CCC3)C2)COC(=O)C(C)(C)C(=O)[C@H](C)[C@H]1O[C@@H]1O[C@H](C)C[C@H](N(C)C)[C@H]1O. The molecule has 254 valence electrons. The van der Waals surface area contributed by atoms with Crippen molar-refractivity contribution < 1.29 is 33.6 Å². The number of ether oxygens (including phenoxy) is 4. The first-order valence-corrected chi connectivity index (χ1v) is 16.9. The molecule has 0 aromatic rings. The lowest BCUT2D eigenvalue weighted by molar-refractivity contribution is -0.295. The van der Waals surface area contributed by atoms with Crippen LogP contribution in [0, 0.1) is 29.1 Å². The minimum absolute atomic E-state index is 0.0687. The molecule has 1 aliphatic carbocycles. The van der Waals surface area contributed by atoms with Gasteiger partial charge in [0.05, 0.1) is 17.8 Å². The first kappa shape index (κ1) is 35.7. The quantitative estimate of drug-likeness (QED) is 0.337. The Morgan fingerprint density at radius 3 is 2.30 bits per heavy atom. The Morgan fingerprint density at radius 1 is 1.07 bits per heavy atom. The Morgan fingerprint density at radius 2 is 1.73 bits per heavy atom. The number of rotatable bonds is 7. The highest BCUT2D eigenvalue weighted by Gasteiger charge is 2.52. The topological polar surface area (TPSA) is 101 Å². The molecule has 44 heavy (non-hydrogen) atoms. The number of likely N-dealkylation sites (N-methyl/N-ethyl adjacent to an activating group) is 2. The predicted octanol–water partition coefficient (Wildman–Crippen LogP) is 3.05. The number of hydrogen-bond acceptors (Lipinski definition) is 10. The van der Waals surface area contributed by atoms with Gasteiger partial charge in [-0.15, -0.1) is 0 Å². The van der Waals surface area contributed by atoms with Crippen LogP contribution in [0.15, 0.2) is 0 Å². The molecule has 1 saturated carbocycles. The third-order valence-corrected chi connectivity index (χ3v) is 11.2. The Labute approximate surface area is 266 Å². The van der Waals surface area contributed by atoms with E-state index in [1.165, 1.54) is 25.8 Å². The third kappa shape index (κ3) is 7.69. The van der Waals surface area contributed by atoms with E-state index in [0.29, 0.717) is 18.8 Å². The van der Waals surface area contributed by atoms with Crippen LogP contribution >= 0.6 is 0 Å². The van der Waals surface area contributed by atoms with Crippen molar-refractivity contribution in [1.29, 1.82) is 0 Å². The summed E-state index contributed by atoms with van der Waals surface area (Å²) >= 11 is 0. The van der Waals surface area contributed by atoms with E-state index in [1.54, 1.807) is 27.9 Å². The van der Waals surface area contributed by atoms with E-state index in [0.717, 1.165) is 25.6 Å². The standard InChI is InChI=1S/C34H61N3O7/c1-21-15-34(6,41-10)30(44-31-28(38)26(35(7)8)14-22(2)43-31)23(3)29(39)33(4,5)32(40)42-20-27(36(9)16-21)25-18-37(19-25)17-24-12-11-13-24/h21-28,30-31,38H,11-20H2,1-10H3/t21-,22-,23+,26+,27+,28-,30-,31+,34-/m1/s1. The smallest absolute Gasteiger partial charge is 0.319 e. The van der Waals surface area contributed by atoms with E-state index in [9.17, 15) is 14.7 Å². The second-order valence-electron chi connectivity index (χ2n) is 15.6. The van der Waals surface area contributed by atoms with Crippen LogP contribution in [0.1, 0.15) is 73.6 Å². The molecule has 3 heterocycles. The first-order chi connectivity index (χ1) is 20.6. The molecule has 4 fully saturated rings. The number of carbonyl (C=O) groups is 2. The molecular weight excluding hydrogens is 562 g/mol. The fourth-order valence-electron chi connectivity index (χ4n) is 8.10. The van der Waals surface area contributed by atoms with Gasteiger partial charge in [-0.05, 0) is 86.4 Å². The zero-order valence-electron chi connectivity index (χ0n) is 29.1. The van der Waals surface area contributed by atoms with Crippen molar-refractivity contribution in [2.75, 3.05) is 61.0 Å². The van der Waals surface area contributed by atoms with Gasteiger partial charge in [-0.25, -0.2) is 0 Å². The van der Waals surface area contributed by atoms with Gasteiger partial charge in [0, 0.05) is 57.2 Å². The summed E-state index contributed by atoms with van der Waals surface area (Å²) in [5.41, 5.74) is -2.29. The molecule has 0 bridgehead atoms. The Bertz CT molecular complexity index is 984. The molecule has 1 N–H and O–H groups in total. The Hall–Kier alpha value is -1.14. The molecule has 0 aromatic carbocycles. The van der Waals surface area contributed by atoms with Gasteiger partial charge in [0.1, 0.15) is 18.1 Å². The largest absolute Gasteiger partial charge is 0.463 e. The molecule has 4 rings (SSSR count). The maximum absolute atomic E-state index is 14.2. The van der Waals surface area contributed by atoms with Crippen LogP contribution in [-0.2, 0) is 28.5 Å². The first-order valence-electron chi connectivity index (χ1n) is 16.9. The normalized spacial score (nSPS) is 40.8. The maximum atomic E-state index is 14.2. The highest BCUT2D eigenvalue weighted by molar-refractivity contribution is 6.04. The van der Waals surface area contributed by atoms with Crippen LogP contribution in [0.2, 0.25) is 0 Å². The lowest BCUT2D eigenvalue weighted by Gasteiger charge is -2.48. The molecule has 3 saturated heterocycles. The average Bonchev–Trinajstić information content (AvgIpc) is 2.90. The molecule has 0 unspecified atom stereocenters. The lowest BCUT2D eigenvalue weighted by Crippen LogP contribution is -2.59. The van der Waals surface area contributed by atoms with Gasteiger partial charge < -0.3 is 33.9 Å². The number of aliphatic hydroxyl groups is 1. The van der Waals surface area contributed by atoms with Crippen molar-refractivity contribution >= 4 is 11.8 Å². The fourth-order valence-corrected chi connectivity index (χ4v) is 8.10. The summed E-state index contributed by atoms with van der Waals surface area (Å²) < 4.78 is 25.0. The molecule has 9 atom stereocenters. The average molecular weight is 624 g/mol. The summed E-state index contributed by atoms with van der Waals surface area (Å²) in [4.78, 5) is 34.7. The molecule has 0 spiro atoms. The number of cyclic esters (lactones) is 1. The van der Waals surface area contributed by atoms with E-state index in [-0.39, 0.29) is 36.5 Å². The minimum Gasteiger partial charge on any atom is -0.463 e. The highest BCUT2D eigenvalue weighted by Crippen LogP contribution is 2.39. The maximum Gasteiger partial charge on any atom is 0.319 e. The minimum atomic E-state index is -1.39. The molecule has 10 nitrogen and oxygen atoms in total. The highest BCUT2D eigenvalue weighted by atomic mass is 16.7. The number of hydrogen-bond donors (Lipinski definition) is 1. The summed E-state index contributed by atoms with van der Waals surface area (Å²) in [6, 6.07) is -0.0930. The van der Waals surface area contributed by atoms with Crippen molar-refractivity contribution in [3.63, 3.8) is 0 Å². The fraction of sp³-hybridized carbons (Fsp3) is 0.941. The second-order valence-corrected chi connectivity index (χ2v) is 15.6. The zero-order chi connectivity index (χ0) is 32.6. The van der Waals surface area contributed by atoms with Crippen molar-refractivity contribution in [3.05, 3.63) is 0 Å². The number of ketones is 1. The number of aliphatic hydroxyl groups excluding tert-OH is 1. The number of likely N-dealkylation sites (tertiary alicyclic amines) is 1. The van der Waals surface area contributed by atoms with Crippen LogP contribution in [-0.4, -0.2) is 135 Å². The van der Waals surface area contributed by atoms with Crippen LogP contribution in [0.25, 0.3) is 0 Å². The monoisotopic (exact) mass is 623 g/mol. The van der Waals surface area contributed by atoms with Crippen molar-refractivity contribution in [3.8, 4) is 0 Å². The van der Waals surface area contributed by atoms with Gasteiger partial charge in [-0.2, -0.15) is 0 Å². The number of nitrogens with zero attached hydrogens (tertiary/aromatic N) is 3. The Balaban J connectivity index is 1.59. The number of carbonyl (C=O) groups excluding carboxylic acids is 2. The number of methoxy groups -OCH3 is 1. The van der Waals surface area contributed by atoms with Crippen molar-refractivity contribution in [2.24, 2.45) is 29.1 Å². The third-order valence-electron chi connectivity index (χ3n) is 11.2. The van der Waals surface area contributed by atoms with Crippen molar-refractivity contribution in [2.45, 2.75) is 116 Å².